The summed E-state index contributed by atoms with van der Waals surface area (Å²) in [5.41, 5.74) is 1.41. The van der Waals surface area contributed by atoms with Gasteiger partial charge in [0.05, 0.1) is 11.9 Å². The van der Waals surface area contributed by atoms with Gasteiger partial charge in [0.25, 0.3) is 0 Å². The van der Waals surface area contributed by atoms with E-state index >= 15 is 0 Å². The number of methoxy groups -OCH3 is 1. The maximum absolute atomic E-state index is 14.8. The number of carbonyl (C=O) groups is 1. The van der Waals surface area contributed by atoms with Crippen LogP contribution in [-0.4, -0.2) is 30.0 Å². The van der Waals surface area contributed by atoms with Crippen LogP contribution in [-0.2, 0) is 4.75 Å². The van der Waals surface area contributed by atoms with E-state index in [9.17, 15) is 9.18 Å². The zero-order chi connectivity index (χ0) is 19.2. The fourth-order valence-corrected chi connectivity index (χ4v) is 5.06. The number of ether oxygens (including phenoxy) is 2. The summed E-state index contributed by atoms with van der Waals surface area (Å²) >= 11 is 4.71. The molecule has 4 rings (SSSR count). The van der Waals surface area contributed by atoms with Crippen LogP contribution in [0.1, 0.15) is 17.5 Å². The molecule has 140 valence electrons. The van der Waals surface area contributed by atoms with Crippen molar-refractivity contribution in [3.8, 4) is 17.2 Å². The third-order valence-electron chi connectivity index (χ3n) is 4.48. The molecular weight excluding hydrogens is 439 g/mol. The van der Waals surface area contributed by atoms with E-state index in [1.165, 1.54) is 24.9 Å². The van der Waals surface area contributed by atoms with Crippen LogP contribution < -0.4 is 14.8 Å². The van der Waals surface area contributed by atoms with Gasteiger partial charge in [-0.05, 0) is 30.7 Å². The predicted octanol–water partition coefficient (Wildman–Crippen LogP) is 4.71. The lowest BCUT2D eigenvalue weighted by molar-refractivity contribution is 0.200. The average Bonchev–Trinajstić information content (AvgIpc) is 2.63. The van der Waals surface area contributed by atoms with Crippen LogP contribution >= 0.6 is 27.7 Å². The van der Waals surface area contributed by atoms with Crippen molar-refractivity contribution in [2.45, 2.75) is 11.2 Å². The highest BCUT2D eigenvalue weighted by atomic mass is 79.9. The van der Waals surface area contributed by atoms with Gasteiger partial charge in [-0.3, -0.25) is 10.3 Å². The minimum absolute atomic E-state index is 0.120. The minimum atomic E-state index is -1.20. The van der Waals surface area contributed by atoms with Gasteiger partial charge in [-0.25, -0.2) is 9.18 Å². The number of fused-ring (bicyclic) bond motifs is 4. The fourth-order valence-electron chi connectivity index (χ4n) is 3.35. The largest absolute Gasteiger partial charge is 0.497 e. The van der Waals surface area contributed by atoms with Gasteiger partial charge in [-0.1, -0.05) is 27.7 Å². The molecule has 0 aliphatic carbocycles. The van der Waals surface area contributed by atoms with Gasteiger partial charge in [0.15, 0.2) is 16.7 Å². The zero-order valence-corrected chi connectivity index (χ0v) is 16.5. The Morgan fingerprint density at radius 2 is 2.22 bits per heavy atom. The molecule has 27 heavy (non-hydrogen) atoms. The molecule has 2 N–H and O–H groups in total. The molecule has 2 aliphatic rings. The maximum atomic E-state index is 14.8. The molecule has 0 bridgehead atoms. The number of nitrogens with zero attached hydrogens (tertiary/aromatic N) is 1. The van der Waals surface area contributed by atoms with E-state index in [2.05, 4.69) is 26.2 Å². The molecular formula is C18H14BrFN2O4S. The number of amides is 1. The maximum Gasteiger partial charge on any atom is 0.410 e. The molecule has 0 fully saturated rings. The van der Waals surface area contributed by atoms with Crippen LogP contribution in [0.5, 0.6) is 17.2 Å². The molecule has 0 saturated heterocycles. The molecule has 1 unspecified atom stereocenters. The highest BCUT2D eigenvalue weighted by molar-refractivity contribution is 9.10. The van der Waals surface area contributed by atoms with Crippen molar-refractivity contribution < 1.29 is 23.8 Å². The van der Waals surface area contributed by atoms with Crippen molar-refractivity contribution in [3.05, 3.63) is 51.7 Å². The molecule has 0 saturated carbocycles. The molecule has 1 atom stereocenters. The Balaban J connectivity index is 1.95. The average molecular weight is 453 g/mol. The molecule has 2 heterocycles. The van der Waals surface area contributed by atoms with Crippen LogP contribution in [0.25, 0.3) is 0 Å². The zero-order valence-electron chi connectivity index (χ0n) is 14.1. The number of nitrogens with one attached hydrogen (secondary N) is 1. The number of carboxylic acid groups (broad SMARTS) is 1. The second kappa shape index (κ2) is 6.72. The summed E-state index contributed by atoms with van der Waals surface area (Å²) in [6, 6.07) is 8.50. The van der Waals surface area contributed by atoms with Gasteiger partial charge in [0, 0.05) is 28.2 Å². The molecule has 2 aliphatic heterocycles. The van der Waals surface area contributed by atoms with E-state index in [1.807, 2.05) is 12.1 Å². The summed E-state index contributed by atoms with van der Waals surface area (Å²) in [6.45, 7) is 0.382. The lowest BCUT2D eigenvalue weighted by Gasteiger charge is -2.41. The number of hydrogen-bond acceptors (Lipinski definition) is 5. The molecule has 2 aromatic rings. The van der Waals surface area contributed by atoms with E-state index in [4.69, 9.17) is 14.6 Å². The summed E-state index contributed by atoms with van der Waals surface area (Å²) in [5, 5.41) is 11.7. The SMILES string of the molecule is COc1cc(F)c2c(c1)C1(CCN=C(NC(=O)O)S1)c1cc(Br)ccc1O2. The predicted molar refractivity (Wildman–Crippen MR) is 104 cm³/mol. The van der Waals surface area contributed by atoms with Crippen LogP contribution in [0.4, 0.5) is 9.18 Å². The standard InChI is InChI=1S/C18H14BrFN2O4S/c1-25-10-7-12-15(13(20)8-10)26-14-3-2-9(19)6-11(14)18(12)4-5-21-16(27-18)22-17(23)24/h2-3,6-8H,4-5H2,1H3,(H,21,22)(H,23,24). The summed E-state index contributed by atoms with van der Waals surface area (Å²) in [7, 11) is 1.47. The normalized spacial score (nSPS) is 20.2. The first-order chi connectivity index (χ1) is 12.9. The molecule has 0 radical (unpaired) electrons. The van der Waals surface area contributed by atoms with Crippen molar-refractivity contribution in [1.29, 1.82) is 0 Å². The Hall–Kier alpha value is -2.26. The lowest BCUT2D eigenvalue weighted by Crippen LogP contribution is -2.38. The number of hydrogen-bond donors (Lipinski definition) is 2. The number of amidine groups is 1. The number of benzene rings is 2. The van der Waals surface area contributed by atoms with Gasteiger partial charge in [0.2, 0.25) is 0 Å². The van der Waals surface area contributed by atoms with Gasteiger partial charge < -0.3 is 14.6 Å². The Bertz CT molecular complexity index is 984. The Labute approximate surface area is 166 Å². The van der Waals surface area contributed by atoms with E-state index in [-0.39, 0.29) is 10.9 Å². The Kier molecular flexibility index (Phi) is 4.51. The van der Waals surface area contributed by atoms with Gasteiger partial charge in [-0.15, -0.1) is 0 Å². The number of halogens is 2. The number of thioether (sulfide) groups is 1. The van der Waals surface area contributed by atoms with E-state index < -0.39 is 16.7 Å². The first-order valence-electron chi connectivity index (χ1n) is 8.02. The van der Waals surface area contributed by atoms with Crippen molar-refractivity contribution >= 4 is 39.0 Å². The van der Waals surface area contributed by atoms with Crippen LogP contribution in [0, 0.1) is 5.82 Å². The summed E-state index contributed by atoms with van der Waals surface area (Å²) in [4.78, 5) is 15.4. The number of aliphatic imine (C=N–C) groups is 1. The quantitative estimate of drug-likeness (QED) is 0.654. The second-order valence-electron chi connectivity index (χ2n) is 6.02. The second-order valence-corrected chi connectivity index (χ2v) is 8.23. The van der Waals surface area contributed by atoms with Crippen LogP contribution in [0.2, 0.25) is 0 Å². The monoisotopic (exact) mass is 452 g/mol. The highest BCUT2D eigenvalue weighted by Crippen LogP contribution is 2.58. The topological polar surface area (TPSA) is 80.2 Å². The molecule has 9 heteroatoms. The lowest BCUT2D eigenvalue weighted by atomic mass is 9.84. The Morgan fingerprint density at radius 3 is 2.96 bits per heavy atom. The van der Waals surface area contributed by atoms with Crippen LogP contribution in [0.15, 0.2) is 39.8 Å². The first-order valence-corrected chi connectivity index (χ1v) is 9.63. The van der Waals surface area contributed by atoms with Gasteiger partial charge >= 0.3 is 6.09 Å². The molecule has 1 amide bonds. The molecule has 6 nitrogen and oxygen atoms in total. The van der Waals surface area contributed by atoms with Crippen molar-refractivity contribution in [1.82, 2.24) is 5.32 Å². The van der Waals surface area contributed by atoms with E-state index in [0.717, 1.165) is 10.0 Å². The Morgan fingerprint density at radius 1 is 1.41 bits per heavy atom. The minimum Gasteiger partial charge on any atom is -0.497 e. The van der Waals surface area contributed by atoms with Gasteiger partial charge in [0.1, 0.15) is 11.5 Å². The molecule has 1 spiro atoms. The van der Waals surface area contributed by atoms with Crippen molar-refractivity contribution in [2.75, 3.05) is 13.7 Å². The summed E-state index contributed by atoms with van der Waals surface area (Å²) < 4.78 is 26.0. The number of rotatable bonds is 1. The van der Waals surface area contributed by atoms with Crippen molar-refractivity contribution in [3.63, 3.8) is 0 Å². The van der Waals surface area contributed by atoms with E-state index in [1.54, 1.807) is 12.1 Å². The molecule has 0 aromatic heterocycles. The smallest absolute Gasteiger partial charge is 0.410 e. The summed E-state index contributed by atoms with van der Waals surface area (Å²) in [6.07, 6.45) is -0.647. The highest BCUT2D eigenvalue weighted by Gasteiger charge is 2.47. The van der Waals surface area contributed by atoms with Crippen molar-refractivity contribution in [2.24, 2.45) is 4.99 Å². The van der Waals surface area contributed by atoms with E-state index in [0.29, 0.717) is 30.0 Å². The summed E-state index contributed by atoms with van der Waals surface area (Å²) in [5.74, 6) is 0.477. The first kappa shape index (κ1) is 18.1. The third-order valence-corrected chi connectivity index (χ3v) is 6.39. The molecule has 2 aromatic carbocycles. The van der Waals surface area contributed by atoms with Gasteiger partial charge in [-0.2, -0.15) is 0 Å². The van der Waals surface area contributed by atoms with Crippen LogP contribution in [0.3, 0.4) is 0 Å². The fraction of sp³-hybridized carbons (Fsp3) is 0.222. The third kappa shape index (κ3) is 3.04.